The minimum Gasteiger partial charge on any atom is -0.415 e. The average molecular weight is 491 g/mol. The molecule has 0 fully saturated rings. The molecule has 0 N–H and O–H groups in total. The molecule has 0 bridgehead atoms. The van der Waals surface area contributed by atoms with E-state index in [1.165, 1.54) is 33.3 Å². The van der Waals surface area contributed by atoms with Crippen molar-refractivity contribution in [2.45, 2.75) is 86.2 Å². The fraction of sp³-hybridized carbons (Fsp3) is 0.548. The number of likely N-dealkylation sites (N-methyl/N-ethyl adjacent to an activating group) is 1. The molecule has 0 saturated carbocycles. The Hall–Kier alpha value is -2.66. The first-order chi connectivity index (χ1) is 17.1. The van der Waals surface area contributed by atoms with Crippen LogP contribution in [0.4, 0.5) is 0 Å². The second kappa shape index (κ2) is 10.8. The van der Waals surface area contributed by atoms with Crippen molar-refractivity contribution in [3.05, 3.63) is 64.6 Å². The lowest BCUT2D eigenvalue weighted by Gasteiger charge is -2.38. The first-order valence-corrected chi connectivity index (χ1v) is 13.6. The number of pyridine rings is 1. The van der Waals surface area contributed by atoms with Gasteiger partial charge in [-0.1, -0.05) is 43.9 Å². The highest BCUT2D eigenvalue weighted by Gasteiger charge is 2.36. The van der Waals surface area contributed by atoms with Crippen LogP contribution in [0.5, 0.6) is 0 Å². The zero-order valence-electron chi connectivity index (χ0n) is 23.2. The molecule has 194 valence electrons. The fourth-order valence-corrected chi connectivity index (χ4v) is 5.47. The topological polar surface area (TPSA) is 44.1 Å². The van der Waals surface area contributed by atoms with E-state index in [1.54, 1.807) is 0 Å². The van der Waals surface area contributed by atoms with Crippen LogP contribution in [0.2, 0.25) is 0 Å². The van der Waals surface area contributed by atoms with Crippen LogP contribution in [0, 0.1) is 19.3 Å². The van der Waals surface area contributed by atoms with E-state index < -0.39 is 5.41 Å². The van der Waals surface area contributed by atoms with Gasteiger partial charge in [0.05, 0.1) is 19.0 Å². The lowest BCUT2D eigenvalue weighted by atomic mass is 9.87. The number of aryl methyl sites for hydroxylation is 4. The van der Waals surface area contributed by atoms with Crippen LogP contribution in [0.25, 0.3) is 10.9 Å². The second-order valence-electron chi connectivity index (χ2n) is 11.8. The molecule has 1 aliphatic rings. The molecule has 3 heterocycles. The first kappa shape index (κ1) is 26.4. The standard InChI is InChI=1S/C31H44N3O2/c1-7-8-9-16-31(4,5)30(35)36-22-34(6)18-15-29-27(21-34)26-19-23(2)10-13-28(26)33(29)17-14-25-12-11-24(3)32-20-25/h10-13,19-20H,7-9,14-18,21-22H2,1-6H3/q+1. The smallest absolute Gasteiger partial charge is 0.315 e. The number of hydrogen-bond acceptors (Lipinski definition) is 3. The van der Waals surface area contributed by atoms with Crippen LogP contribution in [-0.4, -0.2) is 40.3 Å². The second-order valence-corrected chi connectivity index (χ2v) is 11.8. The van der Waals surface area contributed by atoms with Gasteiger partial charge in [-0.3, -0.25) is 14.3 Å². The minimum absolute atomic E-state index is 0.0614. The Morgan fingerprint density at radius 2 is 1.97 bits per heavy atom. The van der Waals surface area contributed by atoms with Gasteiger partial charge in [-0.15, -0.1) is 0 Å². The van der Waals surface area contributed by atoms with Gasteiger partial charge < -0.3 is 9.30 Å². The number of hydrogen-bond donors (Lipinski definition) is 0. The van der Waals surface area contributed by atoms with Crippen molar-refractivity contribution >= 4 is 16.9 Å². The number of unbranched alkanes of at least 4 members (excludes halogenated alkanes) is 2. The van der Waals surface area contributed by atoms with Crippen molar-refractivity contribution in [2.24, 2.45) is 5.41 Å². The molecule has 3 aromatic rings. The maximum atomic E-state index is 13.0. The van der Waals surface area contributed by atoms with Crippen molar-refractivity contribution in [1.82, 2.24) is 9.55 Å². The van der Waals surface area contributed by atoms with Crippen molar-refractivity contribution in [3.8, 4) is 0 Å². The van der Waals surface area contributed by atoms with E-state index in [-0.39, 0.29) is 5.97 Å². The van der Waals surface area contributed by atoms with Crippen LogP contribution in [0.15, 0.2) is 36.5 Å². The molecule has 0 aliphatic carbocycles. The summed E-state index contributed by atoms with van der Waals surface area (Å²) in [6, 6.07) is 11.1. The van der Waals surface area contributed by atoms with Crippen molar-refractivity contribution in [1.29, 1.82) is 0 Å². The summed E-state index contributed by atoms with van der Waals surface area (Å²) in [4.78, 5) is 17.4. The molecule has 1 unspecified atom stereocenters. The SMILES string of the molecule is CCCCCC(C)(C)C(=O)OC[N+]1(C)CCc2c(c3cc(C)ccc3n2CCc2ccc(C)nc2)C1. The summed E-state index contributed by atoms with van der Waals surface area (Å²) < 4.78 is 9.23. The number of carbonyl (C=O) groups is 1. The molecule has 2 aromatic heterocycles. The maximum absolute atomic E-state index is 13.0. The predicted octanol–water partition coefficient (Wildman–Crippen LogP) is 6.51. The number of esters is 1. The molecule has 4 rings (SSSR count). The van der Waals surface area contributed by atoms with Crippen LogP contribution in [-0.2, 0) is 35.5 Å². The molecule has 0 radical (unpaired) electrons. The maximum Gasteiger partial charge on any atom is 0.315 e. The molecule has 5 heteroatoms. The highest BCUT2D eigenvalue weighted by atomic mass is 16.5. The zero-order chi connectivity index (χ0) is 25.9. The number of fused-ring (bicyclic) bond motifs is 3. The van der Waals surface area contributed by atoms with E-state index >= 15 is 0 Å². The Bertz CT molecular complexity index is 1210. The quantitative estimate of drug-likeness (QED) is 0.185. The Morgan fingerprint density at radius 3 is 2.69 bits per heavy atom. The summed E-state index contributed by atoms with van der Waals surface area (Å²) >= 11 is 0. The lowest BCUT2D eigenvalue weighted by molar-refractivity contribution is -0.940. The molecular weight excluding hydrogens is 446 g/mol. The first-order valence-electron chi connectivity index (χ1n) is 13.6. The number of aromatic nitrogens is 2. The number of rotatable bonds is 10. The minimum atomic E-state index is -0.423. The predicted molar refractivity (Wildman–Crippen MR) is 147 cm³/mol. The third-order valence-electron chi connectivity index (χ3n) is 7.93. The summed E-state index contributed by atoms with van der Waals surface area (Å²) in [6.07, 6.45) is 8.25. The zero-order valence-corrected chi connectivity index (χ0v) is 23.2. The van der Waals surface area contributed by atoms with E-state index in [1.807, 2.05) is 27.0 Å². The molecule has 1 atom stereocenters. The van der Waals surface area contributed by atoms with Gasteiger partial charge in [-0.05, 0) is 64.3 Å². The molecule has 5 nitrogen and oxygen atoms in total. The number of benzene rings is 1. The number of quaternary nitrogens is 1. The van der Waals surface area contributed by atoms with Crippen LogP contribution >= 0.6 is 0 Å². The van der Waals surface area contributed by atoms with Crippen LogP contribution in [0.1, 0.15) is 74.5 Å². The molecule has 0 spiro atoms. The van der Waals surface area contributed by atoms with Crippen LogP contribution in [0.3, 0.4) is 0 Å². The third kappa shape index (κ3) is 5.83. The van der Waals surface area contributed by atoms with Crippen molar-refractivity contribution < 1.29 is 14.0 Å². The lowest BCUT2D eigenvalue weighted by Crippen LogP contribution is -2.50. The van der Waals surface area contributed by atoms with Gasteiger partial charge in [0.2, 0.25) is 6.73 Å². The monoisotopic (exact) mass is 490 g/mol. The Labute approximate surface area is 217 Å². The molecular formula is C31H44N3O2+. The molecule has 36 heavy (non-hydrogen) atoms. The van der Waals surface area contributed by atoms with Crippen molar-refractivity contribution in [2.75, 3.05) is 20.3 Å². The Morgan fingerprint density at radius 1 is 1.17 bits per heavy atom. The van der Waals surface area contributed by atoms with Gasteiger partial charge in [0.15, 0.2) is 0 Å². The summed E-state index contributed by atoms with van der Waals surface area (Å²) in [5.74, 6) is -0.0614. The van der Waals surface area contributed by atoms with E-state index in [4.69, 9.17) is 4.74 Å². The van der Waals surface area contributed by atoms with Crippen molar-refractivity contribution in [3.63, 3.8) is 0 Å². The largest absolute Gasteiger partial charge is 0.415 e. The van der Waals surface area contributed by atoms with Gasteiger partial charge in [-0.2, -0.15) is 0 Å². The summed E-state index contributed by atoms with van der Waals surface area (Å²) in [7, 11) is 2.23. The van der Waals surface area contributed by atoms with Gasteiger partial charge in [-0.25, -0.2) is 0 Å². The Kier molecular flexibility index (Phi) is 7.89. The van der Waals surface area contributed by atoms with Gasteiger partial charge in [0.1, 0.15) is 6.54 Å². The summed E-state index contributed by atoms with van der Waals surface area (Å²) in [6.45, 7) is 13.7. The van der Waals surface area contributed by atoms with Gasteiger partial charge in [0.25, 0.3) is 0 Å². The van der Waals surface area contributed by atoms with E-state index in [9.17, 15) is 4.79 Å². The highest BCUT2D eigenvalue weighted by molar-refractivity contribution is 5.86. The molecule has 0 amide bonds. The fourth-order valence-electron chi connectivity index (χ4n) is 5.47. The highest BCUT2D eigenvalue weighted by Crippen LogP contribution is 2.35. The van der Waals surface area contributed by atoms with E-state index in [0.717, 1.165) is 68.3 Å². The molecule has 1 aromatic carbocycles. The number of nitrogens with zero attached hydrogens (tertiary/aromatic N) is 3. The number of ether oxygens (including phenoxy) is 1. The molecule has 0 saturated heterocycles. The van der Waals surface area contributed by atoms with Crippen LogP contribution < -0.4 is 0 Å². The average Bonchev–Trinajstić information content (AvgIpc) is 3.14. The molecule has 1 aliphatic heterocycles. The number of carbonyl (C=O) groups excluding carboxylic acids is 1. The summed E-state index contributed by atoms with van der Waals surface area (Å²) in [5.41, 5.74) is 7.36. The third-order valence-corrected chi connectivity index (χ3v) is 7.93. The van der Waals surface area contributed by atoms with Gasteiger partial charge >= 0.3 is 5.97 Å². The van der Waals surface area contributed by atoms with E-state index in [0.29, 0.717) is 6.73 Å². The normalized spacial score (nSPS) is 17.8. The van der Waals surface area contributed by atoms with E-state index in [2.05, 4.69) is 60.8 Å². The summed E-state index contributed by atoms with van der Waals surface area (Å²) in [5, 5.41) is 1.35. The Balaban J connectivity index is 1.52. The van der Waals surface area contributed by atoms with Gasteiger partial charge in [0, 0.05) is 47.0 Å².